The number of hydrogen-bond acceptors (Lipinski definition) is 4. The van der Waals surface area contributed by atoms with Crippen LogP contribution in [0, 0.1) is 13.8 Å². The van der Waals surface area contributed by atoms with E-state index in [1.165, 1.54) is 4.88 Å². The van der Waals surface area contributed by atoms with E-state index in [-0.39, 0.29) is 11.4 Å². The molecule has 0 atom stereocenters. The van der Waals surface area contributed by atoms with Crippen molar-refractivity contribution in [1.29, 1.82) is 0 Å². The Balaban J connectivity index is 2.23. The van der Waals surface area contributed by atoms with Crippen molar-refractivity contribution in [2.75, 3.05) is 6.54 Å². The third-order valence-corrected chi connectivity index (χ3v) is 3.40. The molecule has 102 valence electrons. The zero-order chi connectivity index (χ0) is 13.8. The van der Waals surface area contributed by atoms with Crippen molar-refractivity contribution < 1.29 is 4.79 Å². The van der Waals surface area contributed by atoms with Gasteiger partial charge in [-0.05, 0) is 34.6 Å². The molecular weight excluding hydrogens is 246 g/mol. The van der Waals surface area contributed by atoms with Crippen LogP contribution in [0.1, 0.15) is 42.8 Å². The third-order valence-electron chi connectivity index (χ3n) is 2.33. The van der Waals surface area contributed by atoms with E-state index in [1.807, 2.05) is 34.6 Å². The molecule has 1 aromatic rings. The summed E-state index contributed by atoms with van der Waals surface area (Å²) in [6.45, 7) is 11.5. The van der Waals surface area contributed by atoms with E-state index in [0.717, 1.165) is 17.2 Å². The Bertz CT molecular complexity index is 407. The van der Waals surface area contributed by atoms with E-state index < -0.39 is 0 Å². The Morgan fingerprint density at radius 3 is 2.50 bits per heavy atom. The molecule has 0 aliphatic carbocycles. The molecule has 0 unspecified atom stereocenters. The fraction of sp³-hybridized carbons (Fsp3) is 0.692. The maximum Gasteiger partial charge on any atom is 0.221 e. The molecule has 0 aliphatic heterocycles. The predicted octanol–water partition coefficient (Wildman–Crippen LogP) is 2.15. The van der Waals surface area contributed by atoms with Crippen molar-refractivity contribution in [3.8, 4) is 0 Å². The largest absolute Gasteiger partial charge is 0.351 e. The van der Waals surface area contributed by atoms with Crippen LogP contribution in [0.15, 0.2) is 0 Å². The van der Waals surface area contributed by atoms with Gasteiger partial charge in [-0.3, -0.25) is 4.79 Å². The number of rotatable bonds is 5. The number of nitrogens with zero attached hydrogens (tertiary/aromatic N) is 1. The lowest BCUT2D eigenvalue weighted by molar-refractivity contribution is -0.122. The highest BCUT2D eigenvalue weighted by Gasteiger charge is 2.13. The minimum Gasteiger partial charge on any atom is -0.351 e. The van der Waals surface area contributed by atoms with Crippen LogP contribution in [0.3, 0.4) is 0 Å². The zero-order valence-electron chi connectivity index (χ0n) is 11.9. The monoisotopic (exact) mass is 269 g/mol. The van der Waals surface area contributed by atoms with Crippen molar-refractivity contribution in [1.82, 2.24) is 15.6 Å². The molecule has 18 heavy (non-hydrogen) atoms. The van der Waals surface area contributed by atoms with Crippen LogP contribution in [0.4, 0.5) is 0 Å². The van der Waals surface area contributed by atoms with Gasteiger partial charge in [0, 0.05) is 29.9 Å². The molecule has 4 nitrogen and oxygen atoms in total. The minimum absolute atomic E-state index is 0.0900. The summed E-state index contributed by atoms with van der Waals surface area (Å²) in [4.78, 5) is 17.2. The van der Waals surface area contributed by atoms with Crippen molar-refractivity contribution in [3.63, 3.8) is 0 Å². The summed E-state index contributed by atoms with van der Waals surface area (Å²) in [7, 11) is 0. The van der Waals surface area contributed by atoms with Crippen molar-refractivity contribution in [2.24, 2.45) is 0 Å². The highest BCUT2D eigenvalue weighted by atomic mass is 32.1. The Morgan fingerprint density at radius 1 is 1.33 bits per heavy atom. The number of nitrogens with one attached hydrogen (secondary N) is 2. The number of thiazole rings is 1. The molecule has 0 aromatic carbocycles. The number of amides is 1. The Labute approximate surface area is 113 Å². The summed E-state index contributed by atoms with van der Waals surface area (Å²) in [6, 6.07) is 0. The summed E-state index contributed by atoms with van der Waals surface area (Å²) in [6.07, 6.45) is 0.508. The third kappa shape index (κ3) is 5.60. The first-order valence-corrected chi connectivity index (χ1v) is 7.04. The highest BCUT2D eigenvalue weighted by Crippen LogP contribution is 2.16. The first kappa shape index (κ1) is 15.1. The minimum atomic E-state index is -0.150. The molecule has 1 heterocycles. The first-order chi connectivity index (χ1) is 8.28. The van der Waals surface area contributed by atoms with E-state index in [4.69, 9.17) is 0 Å². The second kappa shape index (κ2) is 6.29. The fourth-order valence-corrected chi connectivity index (χ4v) is 2.53. The lowest BCUT2D eigenvalue weighted by Gasteiger charge is -2.20. The molecule has 1 amide bonds. The Hall–Kier alpha value is -0.940. The topological polar surface area (TPSA) is 54.0 Å². The quantitative estimate of drug-likeness (QED) is 0.805. The average molecular weight is 269 g/mol. The van der Waals surface area contributed by atoms with Crippen LogP contribution in [0.25, 0.3) is 0 Å². The van der Waals surface area contributed by atoms with E-state index in [2.05, 4.69) is 15.6 Å². The van der Waals surface area contributed by atoms with Crippen LogP contribution in [0.2, 0.25) is 0 Å². The predicted molar refractivity (Wildman–Crippen MR) is 75.8 cm³/mol. The molecule has 0 fully saturated rings. The first-order valence-electron chi connectivity index (χ1n) is 6.22. The van der Waals surface area contributed by atoms with Gasteiger partial charge in [0.2, 0.25) is 5.91 Å². The van der Waals surface area contributed by atoms with Gasteiger partial charge in [-0.2, -0.15) is 0 Å². The normalized spacial score (nSPS) is 11.6. The van der Waals surface area contributed by atoms with E-state index in [9.17, 15) is 4.79 Å². The zero-order valence-corrected chi connectivity index (χ0v) is 12.7. The summed E-state index contributed by atoms with van der Waals surface area (Å²) >= 11 is 1.71. The van der Waals surface area contributed by atoms with Crippen LogP contribution in [-0.2, 0) is 11.3 Å². The van der Waals surface area contributed by atoms with Crippen molar-refractivity contribution in [3.05, 3.63) is 15.6 Å². The Morgan fingerprint density at radius 2 is 2.00 bits per heavy atom. The maximum absolute atomic E-state index is 11.6. The van der Waals surface area contributed by atoms with E-state index >= 15 is 0 Å². The van der Waals surface area contributed by atoms with Gasteiger partial charge in [-0.15, -0.1) is 11.3 Å². The Kier molecular flexibility index (Phi) is 5.28. The van der Waals surface area contributed by atoms with Gasteiger partial charge in [0.1, 0.15) is 0 Å². The molecule has 0 saturated carbocycles. The van der Waals surface area contributed by atoms with Gasteiger partial charge in [0.25, 0.3) is 0 Å². The molecule has 0 bridgehead atoms. The number of carbonyl (C=O) groups excluding carboxylic acids is 1. The van der Waals surface area contributed by atoms with E-state index in [0.29, 0.717) is 13.0 Å². The SMILES string of the molecule is Cc1nc(C)c(CNCCC(=O)NC(C)(C)C)s1. The second-order valence-corrected chi connectivity index (χ2v) is 6.75. The molecule has 0 saturated heterocycles. The van der Waals surface area contributed by atoms with Gasteiger partial charge in [-0.25, -0.2) is 4.98 Å². The molecule has 1 aromatic heterocycles. The summed E-state index contributed by atoms with van der Waals surface area (Å²) in [5.41, 5.74) is 0.937. The van der Waals surface area contributed by atoms with Crippen molar-refractivity contribution >= 4 is 17.2 Å². The molecule has 0 aliphatic rings. The van der Waals surface area contributed by atoms with Crippen LogP contribution in [0.5, 0.6) is 0 Å². The van der Waals surface area contributed by atoms with Gasteiger partial charge < -0.3 is 10.6 Å². The summed E-state index contributed by atoms with van der Waals surface area (Å²) < 4.78 is 0. The van der Waals surface area contributed by atoms with Crippen LogP contribution < -0.4 is 10.6 Å². The number of aryl methyl sites for hydroxylation is 2. The second-order valence-electron chi connectivity index (χ2n) is 5.47. The van der Waals surface area contributed by atoms with Gasteiger partial charge in [0.05, 0.1) is 10.7 Å². The van der Waals surface area contributed by atoms with Gasteiger partial charge in [-0.1, -0.05) is 0 Å². The molecule has 5 heteroatoms. The number of carbonyl (C=O) groups is 1. The molecule has 0 spiro atoms. The maximum atomic E-state index is 11.6. The number of aromatic nitrogens is 1. The lowest BCUT2D eigenvalue weighted by Crippen LogP contribution is -2.41. The smallest absolute Gasteiger partial charge is 0.221 e. The number of hydrogen-bond donors (Lipinski definition) is 2. The van der Waals surface area contributed by atoms with Crippen LogP contribution in [-0.4, -0.2) is 23.0 Å². The van der Waals surface area contributed by atoms with Gasteiger partial charge in [0.15, 0.2) is 0 Å². The van der Waals surface area contributed by atoms with Crippen LogP contribution >= 0.6 is 11.3 Å². The average Bonchev–Trinajstić information content (AvgIpc) is 2.49. The molecular formula is C13H23N3OS. The molecule has 2 N–H and O–H groups in total. The van der Waals surface area contributed by atoms with E-state index in [1.54, 1.807) is 11.3 Å². The molecule has 1 rings (SSSR count). The summed E-state index contributed by atoms with van der Waals surface area (Å²) in [5, 5.41) is 7.32. The van der Waals surface area contributed by atoms with Gasteiger partial charge >= 0.3 is 0 Å². The molecule has 0 radical (unpaired) electrons. The summed E-state index contributed by atoms with van der Waals surface area (Å²) in [5.74, 6) is 0.0900. The van der Waals surface area contributed by atoms with Crippen molar-refractivity contribution in [2.45, 2.75) is 53.1 Å². The lowest BCUT2D eigenvalue weighted by atomic mass is 10.1. The standard InChI is InChI=1S/C13H23N3OS/c1-9-11(18-10(2)15-9)8-14-7-6-12(17)16-13(3,4)5/h14H,6-8H2,1-5H3,(H,16,17). The highest BCUT2D eigenvalue weighted by molar-refractivity contribution is 7.11. The fourth-order valence-electron chi connectivity index (χ4n) is 1.62.